The summed E-state index contributed by atoms with van der Waals surface area (Å²) in [4.78, 5) is 10.5. The topological polar surface area (TPSA) is 57.5 Å². The number of aromatic carboxylic acids is 1. The van der Waals surface area contributed by atoms with E-state index in [4.69, 9.17) is 10.2 Å². The van der Waals surface area contributed by atoms with Gasteiger partial charge in [-0.2, -0.15) is 0 Å². The van der Waals surface area contributed by atoms with Crippen molar-refractivity contribution in [2.45, 2.75) is 19.4 Å². The van der Waals surface area contributed by atoms with Gasteiger partial charge in [0, 0.05) is 12.0 Å². The van der Waals surface area contributed by atoms with E-state index in [2.05, 4.69) is 0 Å². The Balaban J connectivity index is 3.15. The molecule has 0 radical (unpaired) electrons. The molecule has 5 heteroatoms. The molecule has 82 valence electrons. The molecular weight excluding hydrogens is 206 g/mol. The van der Waals surface area contributed by atoms with Gasteiger partial charge in [-0.05, 0) is 19.1 Å². The summed E-state index contributed by atoms with van der Waals surface area (Å²) in [5, 5.41) is 17.5. The lowest BCUT2D eigenvalue weighted by atomic mass is 10.0. The zero-order chi connectivity index (χ0) is 11.6. The van der Waals surface area contributed by atoms with E-state index in [1.807, 2.05) is 0 Å². The number of aliphatic hydroxyl groups is 1. The molecule has 0 spiro atoms. The third kappa shape index (κ3) is 2.73. The Labute approximate surface area is 85.0 Å². The zero-order valence-electron chi connectivity index (χ0n) is 8.00. The Morgan fingerprint density at radius 3 is 2.20 bits per heavy atom. The Hall–Kier alpha value is -1.49. The molecule has 0 aliphatic heterocycles. The third-order valence-electron chi connectivity index (χ3n) is 1.89. The van der Waals surface area contributed by atoms with Gasteiger partial charge in [0.15, 0.2) is 0 Å². The minimum Gasteiger partial charge on any atom is -0.478 e. The fraction of sp³-hybridized carbons (Fsp3) is 0.300. The summed E-state index contributed by atoms with van der Waals surface area (Å²) in [6, 6.07) is 1.48. The second-order valence-corrected chi connectivity index (χ2v) is 3.28. The number of carboxylic acid groups (broad SMARTS) is 1. The third-order valence-corrected chi connectivity index (χ3v) is 1.89. The number of hydrogen-bond acceptors (Lipinski definition) is 2. The highest BCUT2D eigenvalue weighted by Gasteiger charge is 2.15. The normalized spacial score (nSPS) is 12.5. The summed E-state index contributed by atoms with van der Waals surface area (Å²) in [5.74, 6) is -3.29. The van der Waals surface area contributed by atoms with Gasteiger partial charge in [-0.15, -0.1) is 0 Å². The SMILES string of the molecule is CC(O)Cc1c(F)cc(C(=O)O)cc1F. The van der Waals surface area contributed by atoms with Crippen molar-refractivity contribution in [2.75, 3.05) is 0 Å². The van der Waals surface area contributed by atoms with Gasteiger partial charge in [0.1, 0.15) is 11.6 Å². The number of halogens is 2. The predicted molar refractivity (Wildman–Crippen MR) is 48.7 cm³/mol. The highest BCUT2D eigenvalue weighted by molar-refractivity contribution is 5.87. The van der Waals surface area contributed by atoms with Crippen molar-refractivity contribution in [1.29, 1.82) is 0 Å². The molecule has 0 aromatic heterocycles. The van der Waals surface area contributed by atoms with Crippen LogP contribution < -0.4 is 0 Å². The molecule has 0 saturated carbocycles. The number of benzene rings is 1. The van der Waals surface area contributed by atoms with E-state index in [0.717, 1.165) is 12.1 Å². The number of carboxylic acids is 1. The minimum absolute atomic E-state index is 0.183. The van der Waals surface area contributed by atoms with Crippen LogP contribution in [0.15, 0.2) is 12.1 Å². The highest BCUT2D eigenvalue weighted by Crippen LogP contribution is 2.17. The smallest absolute Gasteiger partial charge is 0.335 e. The summed E-state index contributed by atoms with van der Waals surface area (Å²) in [5.41, 5.74) is -0.741. The molecule has 1 aromatic carbocycles. The maximum atomic E-state index is 13.2. The second kappa shape index (κ2) is 4.35. The van der Waals surface area contributed by atoms with Gasteiger partial charge in [0.05, 0.1) is 11.7 Å². The van der Waals surface area contributed by atoms with Crippen molar-refractivity contribution in [3.63, 3.8) is 0 Å². The first kappa shape index (κ1) is 11.6. The molecule has 1 unspecified atom stereocenters. The lowest BCUT2D eigenvalue weighted by Crippen LogP contribution is -2.10. The summed E-state index contributed by atoms with van der Waals surface area (Å²) in [6.45, 7) is 1.39. The van der Waals surface area contributed by atoms with E-state index in [0.29, 0.717) is 0 Å². The molecule has 0 amide bonds. The standard InChI is InChI=1S/C10H10F2O3/c1-5(13)2-7-8(11)3-6(10(14)15)4-9(7)12/h3-5,13H,2H2,1H3,(H,14,15). The van der Waals surface area contributed by atoms with Crippen molar-refractivity contribution < 1.29 is 23.8 Å². The number of carbonyl (C=O) groups is 1. The molecule has 0 aliphatic rings. The fourth-order valence-corrected chi connectivity index (χ4v) is 1.22. The van der Waals surface area contributed by atoms with Crippen LogP contribution in [0, 0.1) is 11.6 Å². The molecule has 1 rings (SSSR count). The van der Waals surface area contributed by atoms with Gasteiger partial charge in [-0.1, -0.05) is 0 Å². The molecular formula is C10H10F2O3. The van der Waals surface area contributed by atoms with Crippen LogP contribution in [0.25, 0.3) is 0 Å². The largest absolute Gasteiger partial charge is 0.478 e. The van der Waals surface area contributed by atoms with Crippen LogP contribution in [-0.2, 0) is 6.42 Å². The van der Waals surface area contributed by atoms with Crippen LogP contribution in [0.2, 0.25) is 0 Å². The summed E-state index contributed by atoms with van der Waals surface area (Å²) >= 11 is 0. The summed E-state index contributed by atoms with van der Waals surface area (Å²) in [7, 11) is 0. The molecule has 0 fully saturated rings. The Kier molecular flexibility index (Phi) is 3.36. The van der Waals surface area contributed by atoms with Crippen LogP contribution in [0.1, 0.15) is 22.8 Å². The molecule has 15 heavy (non-hydrogen) atoms. The van der Waals surface area contributed by atoms with Gasteiger partial charge in [-0.3, -0.25) is 0 Å². The fourth-order valence-electron chi connectivity index (χ4n) is 1.22. The van der Waals surface area contributed by atoms with Crippen molar-refractivity contribution >= 4 is 5.97 Å². The summed E-state index contributed by atoms with van der Waals surface area (Å²) in [6.07, 6.45) is -1.07. The number of hydrogen-bond donors (Lipinski definition) is 2. The molecule has 0 aliphatic carbocycles. The van der Waals surface area contributed by atoms with Crippen LogP contribution in [0.4, 0.5) is 8.78 Å². The first-order valence-electron chi connectivity index (χ1n) is 4.31. The van der Waals surface area contributed by atoms with Crippen LogP contribution in [0.5, 0.6) is 0 Å². The van der Waals surface area contributed by atoms with E-state index in [1.54, 1.807) is 0 Å². The molecule has 0 saturated heterocycles. The van der Waals surface area contributed by atoms with Crippen LogP contribution in [-0.4, -0.2) is 22.3 Å². The molecule has 3 nitrogen and oxygen atoms in total. The highest BCUT2D eigenvalue weighted by atomic mass is 19.1. The van der Waals surface area contributed by atoms with E-state index in [1.165, 1.54) is 6.92 Å². The van der Waals surface area contributed by atoms with E-state index in [-0.39, 0.29) is 12.0 Å². The van der Waals surface area contributed by atoms with Gasteiger partial charge in [-0.25, -0.2) is 13.6 Å². The minimum atomic E-state index is -1.39. The average Bonchev–Trinajstić information content (AvgIpc) is 2.10. The van der Waals surface area contributed by atoms with E-state index < -0.39 is 29.3 Å². The Morgan fingerprint density at radius 2 is 1.87 bits per heavy atom. The van der Waals surface area contributed by atoms with Gasteiger partial charge in [0.2, 0.25) is 0 Å². The quantitative estimate of drug-likeness (QED) is 0.806. The molecule has 1 atom stereocenters. The first-order valence-corrected chi connectivity index (χ1v) is 4.31. The second-order valence-electron chi connectivity index (χ2n) is 3.28. The number of rotatable bonds is 3. The van der Waals surface area contributed by atoms with Crippen LogP contribution >= 0.6 is 0 Å². The number of aliphatic hydroxyl groups excluding tert-OH is 1. The van der Waals surface area contributed by atoms with Gasteiger partial charge in [0.25, 0.3) is 0 Å². The van der Waals surface area contributed by atoms with E-state index in [9.17, 15) is 13.6 Å². The van der Waals surface area contributed by atoms with Crippen molar-refractivity contribution in [2.24, 2.45) is 0 Å². The molecule has 1 aromatic rings. The summed E-state index contributed by atoms with van der Waals surface area (Å²) < 4.78 is 26.4. The molecule has 0 heterocycles. The van der Waals surface area contributed by atoms with Crippen molar-refractivity contribution in [1.82, 2.24) is 0 Å². The predicted octanol–water partition coefficient (Wildman–Crippen LogP) is 1.59. The Bertz CT molecular complexity index is 365. The first-order chi connectivity index (χ1) is 6.91. The zero-order valence-corrected chi connectivity index (χ0v) is 8.00. The maximum Gasteiger partial charge on any atom is 0.335 e. The van der Waals surface area contributed by atoms with E-state index >= 15 is 0 Å². The lowest BCUT2D eigenvalue weighted by Gasteiger charge is -2.08. The maximum absolute atomic E-state index is 13.2. The Morgan fingerprint density at radius 1 is 1.40 bits per heavy atom. The van der Waals surface area contributed by atoms with Crippen molar-refractivity contribution in [3.05, 3.63) is 34.9 Å². The molecule has 2 N–H and O–H groups in total. The molecule has 0 bridgehead atoms. The van der Waals surface area contributed by atoms with Crippen molar-refractivity contribution in [3.8, 4) is 0 Å². The van der Waals surface area contributed by atoms with Crippen LogP contribution in [0.3, 0.4) is 0 Å². The van der Waals surface area contributed by atoms with Gasteiger partial charge < -0.3 is 10.2 Å². The average molecular weight is 216 g/mol. The van der Waals surface area contributed by atoms with Gasteiger partial charge >= 0.3 is 5.97 Å². The lowest BCUT2D eigenvalue weighted by molar-refractivity contribution is 0.0695. The monoisotopic (exact) mass is 216 g/mol.